The predicted octanol–water partition coefficient (Wildman–Crippen LogP) is 3.92. The third-order valence-corrected chi connectivity index (χ3v) is 5.13. The third-order valence-electron chi connectivity index (χ3n) is 2.89. The summed E-state index contributed by atoms with van der Waals surface area (Å²) in [6.07, 6.45) is 0.835. The molecule has 1 saturated heterocycles. The van der Waals surface area contributed by atoms with Crippen molar-refractivity contribution in [3.63, 3.8) is 0 Å². The van der Waals surface area contributed by atoms with Crippen molar-refractivity contribution >= 4 is 43.6 Å². The molecule has 0 aromatic heterocycles. The first-order valence-corrected chi connectivity index (χ1v) is 7.46. The van der Waals surface area contributed by atoms with E-state index in [0.717, 1.165) is 26.7 Å². The summed E-state index contributed by atoms with van der Waals surface area (Å²) in [6.45, 7) is 2.09. The molecule has 1 heterocycles. The van der Waals surface area contributed by atoms with Crippen LogP contribution in [0.1, 0.15) is 18.9 Å². The Hall–Kier alpha value is 0.490. The molecule has 0 saturated carbocycles. The quantitative estimate of drug-likeness (QED) is 0.827. The van der Waals surface area contributed by atoms with Gasteiger partial charge in [0.25, 0.3) is 0 Å². The molecule has 1 aromatic carbocycles. The summed E-state index contributed by atoms with van der Waals surface area (Å²) in [4.78, 5) is 0. The fourth-order valence-electron chi connectivity index (χ4n) is 1.92. The van der Waals surface area contributed by atoms with Crippen LogP contribution >= 0.6 is 43.6 Å². The third kappa shape index (κ3) is 2.28. The Morgan fingerprint density at radius 3 is 2.40 bits per heavy atom. The minimum Gasteiger partial charge on any atom is -0.384 e. The molecule has 0 bridgehead atoms. The first-order valence-electron chi connectivity index (χ1n) is 4.83. The Bertz CT molecular complexity index is 363. The van der Waals surface area contributed by atoms with Gasteiger partial charge in [-0.05, 0) is 35.9 Å². The Balaban J connectivity index is 2.44. The molecule has 1 aliphatic rings. The molecule has 0 aliphatic carbocycles. The number of thioether (sulfide) groups is 1. The lowest BCUT2D eigenvalue weighted by molar-refractivity contribution is 0.0426. The molecule has 2 unspecified atom stereocenters. The normalized spacial score (nSPS) is 30.8. The van der Waals surface area contributed by atoms with Crippen molar-refractivity contribution in [2.24, 2.45) is 0 Å². The van der Waals surface area contributed by atoms with E-state index in [-0.39, 0.29) is 5.25 Å². The summed E-state index contributed by atoms with van der Waals surface area (Å²) in [5.41, 5.74) is 0.331. The first-order chi connectivity index (χ1) is 7.02. The Labute approximate surface area is 111 Å². The highest BCUT2D eigenvalue weighted by atomic mass is 79.9. The van der Waals surface area contributed by atoms with Crippen molar-refractivity contribution in [2.75, 3.05) is 5.75 Å². The van der Waals surface area contributed by atoms with Crippen LogP contribution in [-0.2, 0) is 5.60 Å². The van der Waals surface area contributed by atoms with Crippen molar-refractivity contribution in [3.05, 3.63) is 32.7 Å². The topological polar surface area (TPSA) is 20.2 Å². The lowest BCUT2D eigenvalue weighted by Gasteiger charge is -2.27. The second-order valence-corrected chi connectivity index (χ2v) is 7.13. The molecule has 0 amide bonds. The van der Waals surface area contributed by atoms with E-state index >= 15 is 0 Å². The largest absolute Gasteiger partial charge is 0.384 e. The van der Waals surface area contributed by atoms with Crippen LogP contribution in [0, 0.1) is 0 Å². The Morgan fingerprint density at radius 2 is 1.93 bits per heavy atom. The molecule has 1 fully saturated rings. The predicted molar refractivity (Wildman–Crippen MR) is 72.3 cm³/mol. The number of hydrogen-bond acceptors (Lipinski definition) is 2. The zero-order valence-electron chi connectivity index (χ0n) is 8.34. The van der Waals surface area contributed by atoms with E-state index in [1.165, 1.54) is 0 Å². The van der Waals surface area contributed by atoms with E-state index in [2.05, 4.69) is 38.8 Å². The van der Waals surface area contributed by atoms with Gasteiger partial charge >= 0.3 is 0 Å². The molecule has 2 rings (SSSR count). The van der Waals surface area contributed by atoms with Crippen molar-refractivity contribution in [2.45, 2.75) is 24.2 Å². The smallest absolute Gasteiger partial charge is 0.102 e. The van der Waals surface area contributed by atoms with Gasteiger partial charge in [0.15, 0.2) is 0 Å². The maximum atomic E-state index is 10.6. The number of rotatable bonds is 1. The zero-order chi connectivity index (χ0) is 11.1. The van der Waals surface area contributed by atoms with Gasteiger partial charge < -0.3 is 5.11 Å². The Morgan fingerprint density at radius 1 is 1.33 bits per heavy atom. The van der Waals surface area contributed by atoms with E-state index < -0.39 is 5.60 Å². The highest BCUT2D eigenvalue weighted by Crippen LogP contribution is 2.44. The van der Waals surface area contributed by atoms with Gasteiger partial charge in [0.2, 0.25) is 0 Å². The van der Waals surface area contributed by atoms with E-state index in [4.69, 9.17) is 0 Å². The van der Waals surface area contributed by atoms with Crippen LogP contribution in [0.25, 0.3) is 0 Å². The zero-order valence-corrected chi connectivity index (χ0v) is 12.3. The van der Waals surface area contributed by atoms with E-state index in [9.17, 15) is 5.11 Å². The average molecular weight is 352 g/mol. The number of halogens is 2. The second kappa shape index (κ2) is 4.40. The first kappa shape index (κ1) is 12.0. The standard InChI is InChI=1S/C11H12Br2OS/c1-7-11(14,2-3-15-7)8-4-9(12)6-10(13)5-8/h4-7,14H,2-3H2,1H3. The molecule has 1 nitrogen and oxygen atoms in total. The number of hydrogen-bond donors (Lipinski definition) is 1. The van der Waals surface area contributed by atoms with Crippen LogP contribution < -0.4 is 0 Å². The maximum absolute atomic E-state index is 10.6. The van der Waals surface area contributed by atoms with Crippen LogP contribution in [0.5, 0.6) is 0 Å². The molecule has 1 aromatic rings. The molecule has 0 radical (unpaired) electrons. The molecule has 1 aliphatic heterocycles. The van der Waals surface area contributed by atoms with Crippen molar-refractivity contribution in [3.8, 4) is 0 Å². The monoisotopic (exact) mass is 350 g/mol. The second-order valence-electron chi connectivity index (χ2n) is 3.85. The fraction of sp³-hybridized carbons (Fsp3) is 0.455. The summed E-state index contributed by atoms with van der Waals surface area (Å²) >= 11 is 8.74. The molecule has 1 N–H and O–H groups in total. The van der Waals surface area contributed by atoms with E-state index in [1.54, 1.807) is 0 Å². The summed E-state index contributed by atoms with van der Waals surface area (Å²) in [6, 6.07) is 6.00. The van der Waals surface area contributed by atoms with Crippen LogP contribution in [-0.4, -0.2) is 16.1 Å². The van der Waals surface area contributed by atoms with Gasteiger partial charge in [-0.2, -0.15) is 11.8 Å². The van der Waals surface area contributed by atoms with Crippen molar-refractivity contribution < 1.29 is 5.11 Å². The van der Waals surface area contributed by atoms with E-state index in [0.29, 0.717) is 0 Å². The number of benzene rings is 1. The SMILES string of the molecule is CC1SCCC1(O)c1cc(Br)cc(Br)c1. The molecule has 2 atom stereocenters. The van der Waals surface area contributed by atoms with Gasteiger partial charge in [0, 0.05) is 14.2 Å². The van der Waals surface area contributed by atoms with Crippen LogP contribution in [0.4, 0.5) is 0 Å². The highest BCUT2D eigenvalue weighted by Gasteiger charge is 2.40. The molecule has 15 heavy (non-hydrogen) atoms. The molecular weight excluding hydrogens is 340 g/mol. The summed E-state index contributed by atoms with van der Waals surface area (Å²) < 4.78 is 2.01. The van der Waals surface area contributed by atoms with Crippen LogP contribution in [0.2, 0.25) is 0 Å². The van der Waals surface area contributed by atoms with Gasteiger partial charge in [-0.1, -0.05) is 38.8 Å². The minimum atomic E-state index is -0.670. The summed E-state index contributed by atoms with van der Waals surface area (Å²) in [5.74, 6) is 1.03. The fourth-order valence-corrected chi connectivity index (χ4v) is 4.52. The lowest BCUT2D eigenvalue weighted by atomic mass is 9.89. The van der Waals surface area contributed by atoms with Gasteiger partial charge in [-0.3, -0.25) is 0 Å². The molecule has 82 valence electrons. The molecule has 4 heteroatoms. The van der Waals surface area contributed by atoms with Gasteiger partial charge in [-0.15, -0.1) is 0 Å². The number of aliphatic hydroxyl groups is 1. The van der Waals surface area contributed by atoms with Crippen LogP contribution in [0.3, 0.4) is 0 Å². The van der Waals surface area contributed by atoms with Crippen LogP contribution in [0.15, 0.2) is 27.1 Å². The Kier molecular flexibility index (Phi) is 3.51. The average Bonchev–Trinajstić information content (AvgIpc) is 2.47. The lowest BCUT2D eigenvalue weighted by Crippen LogP contribution is -2.31. The molecular formula is C11H12Br2OS. The minimum absolute atomic E-state index is 0.263. The van der Waals surface area contributed by atoms with Gasteiger partial charge in [-0.25, -0.2) is 0 Å². The highest BCUT2D eigenvalue weighted by molar-refractivity contribution is 9.11. The van der Waals surface area contributed by atoms with Crippen molar-refractivity contribution in [1.82, 2.24) is 0 Å². The maximum Gasteiger partial charge on any atom is 0.102 e. The van der Waals surface area contributed by atoms with Crippen molar-refractivity contribution in [1.29, 1.82) is 0 Å². The van der Waals surface area contributed by atoms with Gasteiger partial charge in [0.05, 0.1) is 0 Å². The van der Waals surface area contributed by atoms with Gasteiger partial charge in [0.1, 0.15) is 5.60 Å². The molecule has 0 spiro atoms. The summed E-state index contributed by atoms with van der Waals surface area (Å²) in [5, 5.41) is 10.9. The summed E-state index contributed by atoms with van der Waals surface area (Å²) in [7, 11) is 0. The van der Waals surface area contributed by atoms with E-state index in [1.807, 2.05) is 30.0 Å².